The van der Waals surface area contributed by atoms with Crippen molar-refractivity contribution in [1.82, 2.24) is 15.0 Å². The number of anilines is 2. The van der Waals surface area contributed by atoms with E-state index in [0.717, 1.165) is 11.4 Å². The predicted octanol–water partition coefficient (Wildman–Crippen LogP) is 2.42. The Balaban J connectivity index is 1.64. The van der Waals surface area contributed by atoms with E-state index in [9.17, 15) is 8.42 Å². The Hall–Kier alpha value is -3.04. The Labute approximate surface area is 181 Å². The summed E-state index contributed by atoms with van der Waals surface area (Å²) in [6.45, 7) is 2.61. The van der Waals surface area contributed by atoms with Crippen LogP contribution in [0.5, 0.6) is 0 Å². The second-order valence-electron chi connectivity index (χ2n) is 7.84. The van der Waals surface area contributed by atoms with E-state index in [4.69, 9.17) is 20.4 Å². The van der Waals surface area contributed by atoms with Gasteiger partial charge < -0.3 is 15.4 Å². The third-order valence-electron chi connectivity index (χ3n) is 5.86. The van der Waals surface area contributed by atoms with Crippen molar-refractivity contribution in [3.05, 3.63) is 60.6 Å². The number of hydrogen-bond donors (Lipinski definition) is 1. The molecule has 3 aromatic rings. The Bertz CT molecular complexity index is 1190. The number of rotatable bonds is 5. The quantitative estimate of drug-likeness (QED) is 0.606. The summed E-state index contributed by atoms with van der Waals surface area (Å²) in [5, 5.41) is 0. The third kappa shape index (κ3) is 3.53. The maximum absolute atomic E-state index is 13.6. The van der Waals surface area contributed by atoms with Crippen molar-refractivity contribution < 1.29 is 13.2 Å². The fourth-order valence-corrected chi connectivity index (χ4v) is 5.85. The molecule has 5 rings (SSSR count). The molecular formula is C22H23N5O3S. The smallest absolute Gasteiger partial charge is 0.189 e. The first-order chi connectivity index (χ1) is 15.0. The highest BCUT2D eigenvalue weighted by Crippen LogP contribution is 2.55. The summed E-state index contributed by atoms with van der Waals surface area (Å²) >= 11 is 0. The molecule has 8 nitrogen and oxygen atoms in total. The van der Waals surface area contributed by atoms with Crippen molar-refractivity contribution in [2.24, 2.45) is 0 Å². The predicted molar refractivity (Wildman–Crippen MR) is 117 cm³/mol. The summed E-state index contributed by atoms with van der Waals surface area (Å²) in [5.41, 5.74) is 7.81. The summed E-state index contributed by atoms with van der Waals surface area (Å²) in [7, 11) is -3.63. The third-order valence-corrected chi connectivity index (χ3v) is 8.40. The largest absolute Gasteiger partial charge is 0.399 e. The van der Waals surface area contributed by atoms with Crippen LogP contribution >= 0.6 is 0 Å². The van der Waals surface area contributed by atoms with Gasteiger partial charge in [-0.25, -0.2) is 18.4 Å². The van der Waals surface area contributed by atoms with Crippen molar-refractivity contribution in [1.29, 1.82) is 0 Å². The highest BCUT2D eigenvalue weighted by Gasteiger charge is 2.58. The van der Waals surface area contributed by atoms with E-state index in [0.29, 0.717) is 56.4 Å². The van der Waals surface area contributed by atoms with Gasteiger partial charge in [-0.05, 0) is 49.2 Å². The van der Waals surface area contributed by atoms with Gasteiger partial charge in [0.2, 0.25) is 0 Å². The molecule has 0 spiro atoms. The van der Waals surface area contributed by atoms with Crippen LogP contribution in [0.1, 0.15) is 18.5 Å². The number of nitrogen functional groups attached to an aromatic ring is 1. The molecule has 1 aliphatic heterocycles. The van der Waals surface area contributed by atoms with Gasteiger partial charge >= 0.3 is 0 Å². The van der Waals surface area contributed by atoms with E-state index >= 15 is 0 Å². The monoisotopic (exact) mass is 437 g/mol. The van der Waals surface area contributed by atoms with Gasteiger partial charge in [0.05, 0.1) is 23.8 Å². The number of sulfone groups is 1. The highest BCUT2D eigenvalue weighted by molar-refractivity contribution is 7.92. The Morgan fingerprint density at radius 2 is 1.65 bits per heavy atom. The molecule has 0 amide bonds. The minimum atomic E-state index is -3.63. The van der Waals surface area contributed by atoms with Crippen LogP contribution in [0.3, 0.4) is 0 Å². The number of benzene rings is 1. The molecule has 1 saturated carbocycles. The van der Waals surface area contributed by atoms with Crippen LogP contribution in [0.2, 0.25) is 0 Å². The standard InChI is InChI=1S/C22H23N5O3S/c23-17-3-1-16(2-4-17)21-25-19(15-20(26-21)27-11-13-30-14-12-27)22(7-8-22)31(28,29)18-5-9-24-10-6-18/h1-6,9-10,15H,7-8,11-14,23H2. The van der Waals surface area contributed by atoms with E-state index in [2.05, 4.69) is 9.88 Å². The number of morpholine rings is 1. The number of aromatic nitrogens is 3. The van der Waals surface area contributed by atoms with E-state index in [-0.39, 0.29) is 4.90 Å². The first-order valence-electron chi connectivity index (χ1n) is 10.2. The van der Waals surface area contributed by atoms with Crippen LogP contribution in [0.15, 0.2) is 59.8 Å². The van der Waals surface area contributed by atoms with Gasteiger partial charge in [0.15, 0.2) is 15.7 Å². The lowest BCUT2D eigenvalue weighted by atomic mass is 10.1. The molecule has 0 radical (unpaired) electrons. The van der Waals surface area contributed by atoms with Crippen LogP contribution in [-0.4, -0.2) is 49.7 Å². The normalized spacial score (nSPS) is 18.0. The molecule has 1 aromatic carbocycles. The highest BCUT2D eigenvalue weighted by atomic mass is 32.2. The van der Waals surface area contributed by atoms with Crippen molar-refractivity contribution in [3.8, 4) is 11.4 Å². The van der Waals surface area contributed by atoms with Crippen LogP contribution < -0.4 is 10.6 Å². The van der Waals surface area contributed by atoms with Gasteiger partial charge in [0, 0.05) is 42.8 Å². The van der Waals surface area contributed by atoms with E-state index in [1.165, 1.54) is 12.4 Å². The molecular weight excluding hydrogens is 414 g/mol. The molecule has 1 aliphatic carbocycles. The number of hydrogen-bond acceptors (Lipinski definition) is 8. The summed E-state index contributed by atoms with van der Waals surface area (Å²) in [4.78, 5) is 15.8. The first-order valence-corrected chi connectivity index (χ1v) is 11.7. The van der Waals surface area contributed by atoms with Gasteiger partial charge in [-0.3, -0.25) is 4.98 Å². The number of ether oxygens (including phenoxy) is 1. The lowest BCUT2D eigenvalue weighted by Crippen LogP contribution is -2.37. The second kappa shape index (κ2) is 7.58. The molecule has 1 saturated heterocycles. The zero-order valence-electron chi connectivity index (χ0n) is 16.9. The van der Waals surface area contributed by atoms with Crippen molar-refractivity contribution in [2.75, 3.05) is 36.9 Å². The van der Waals surface area contributed by atoms with Crippen molar-refractivity contribution in [2.45, 2.75) is 22.5 Å². The van der Waals surface area contributed by atoms with Crippen LogP contribution in [-0.2, 0) is 19.3 Å². The van der Waals surface area contributed by atoms with Gasteiger partial charge in [0.25, 0.3) is 0 Å². The average Bonchev–Trinajstić information content (AvgIpc) is 3.63. The summed E-state index contributed by atoms with van der Waals surface area (Å²) in [5.74, 6) is 1.21. The molecule has 0 bridgehead atoms. The van der Waals surface area contributed by atoms with E-state index < -0.39 is 14.6 Å². The maximum Gasteiger partial charge on any atom is 0.189 e. The topological polar surface area (TPSA) is 111 Å². The van der Waals surface area contributed by atoms with Crippen molar-refractivity contribution in [3.63, 3.8) is 0 Å². The number of pyridine rings is 1. The Morgan fingerprint density at radius 1 is 0.968 bits per heavy atom. The molecule has 2 aliphatic rings. The minimum absolute atomic E-state index is 0.264. The summed E-state index contributed by atoms with van der Waals surface area (Å²) in [6, 6.07) is 12.2. The van der Waals surface area contributed by atoms with Crippen LogP contribution in [0.4, 0.5) is 11.5 Å². The fourth-order valence-electron chi connectivity index (χ4n) is 3.90. The summed E-state index contributed by atoms with van der Waals surface area (Å²) < 4.78 is 31.5. The molecule has 2 N–H and O–H groups in total. The summed E-state index contributed by atoms with van der Waals surface area (Å²) in [6.07, 6.45) is 4.06. The molecule has 160 valence electrons. The zero-order valence-corrected chi connectivity index (χ0v) is 17.8. The molecule has 3 heterocycles. The average molecular weight is 438 g/mol. The Morgan fingerprint density at radius 3 is 2.29 bits per heavy atom. The maximum atomic E-state index is 13.6. The molecule has 9 heteroatoms. The lowest BCUT2D eigenvalue weighted by Gasteiger charge is -2.29. The molecule has 0 unspecified atom stereocenters. The number of nitrogens with zero attached hydrogens (tertiary/aromatic N) is 4. The first kappa shape index (κ1) is 19.9. The SMILES string of the molecule is Nc1ccc(-c2nc(N3CCOCC3)cc(C3(S(=O)(=O)c4ccncc4)CC3)n2)cc1. The van der Waals surface area contributed by atoms with Gasteiger partial charge in [-0.1, -0.05) is 0 Å². The molecule has 31 heavy (non-hydrogen) atoms. The van der Waals surface area contributed by atoms with E-state index in [1.54, 1.807) is 24.3 Å². The molecule has 0 atom stereocenters. The minimum Gasteiger partial charge on any atom is -0.399 e. The van der Waals surface area contributed by atoms with Crippen molar-refractivity contribution >= 4 is 21.3 Å². The lowest BCUT2D eigenvalue weighted by molar-refractivity contribution is 0.122. The van der Waals surface area contributed by atoms with Gasteiger partial charge in [-0.15, -0.1) is 0 Å². The van der Waals surface area contributed by atoms with Gasteiger partial charge in [-0.2, -0.15) is 0 Å². The Kier molecular flexibility index (Phi) is 4.86. The van der Waals surface area contributed by atoms with Crippen LogP contribution in [0.25, 0.3) is 11.4 Å². The van der Waals surface area contributed by atoms with E-state index in [1.807, 2.05) is 18.2 Å². The van der Waals surface area contributed by atoms with Gasteiger partial charge in [0.1, 0.15) is 10.6 Å². The van der Waals surface area contributed by atoms with Crippen LogP contribution in [0, 0.1) is 0 Å². The number of nitrogens with two attached hydrogens (primary N) is 1. The zero-order chi connectivity index (χ0) is 21.5. The second-order valence-corrected chi connectivity index (χ2v) is 10.1. The fraction of sp³-hybridized carbons (Fsp3) is 0.318. The molecule has 2 aromatic heterocycles. The molecule has 2 fully saturated rings.